The molecule has 1 saturated heterocycles. The maximum Gasteiger partial charge on any atom is 0.128 e. The van der Waals surface area contributed by atoms with Crippen molar-refractivity contribution in [1.29, 1.82) is 0 Å². The molecule has 0 unspecified atom stereocenters. The Morgan fingerprint density at radius 1 is 1.16 bits per heavy atom. The summed E-state index contributed by atoms with van der Waals surface area (Å²) in [5.74, 6) is 1.01. The van der Waals surface area contributed by atoms with Gasteiger partial charge in [-0.15, -0.1) is 0 Å². The van der Waals surface area contributed by atoms with Crippen LogP contribution in [0.2, 0.25) is 0 Å². The van der Waals surface area contributed by atoms with E-state index in [1.165, 1.54) is 0 Å². The van der Waals surface area contributed by atoms with E-state index < -0.39 is 6.10 Å². The predicted molar refractivity (Wildman–Crippen MR) is 78.4 cm³/mol. The second-order valence-electron chi connectivity index (χ2n) is 6.27. The van der Waals surface area contributed by atoms with Crippen molar-refractivity contribution in [2.45, 2.75) is 39.3 Å². The number of hydrogen-bond donors (Lipinski definition) is 1. The topological polar surface area (TPSA) is 39.6 Å². The fraction of sp³-hybridized carbons (Fsp3) is 0.667. The molecular weight excluding hydrogens is 238 g/mol. The molecule has 0 radical (unpaired) electrons. The largest absolute Gasteiger partial charge is 0.389 e. The molecular formula is C15H25N3O. The molecule has 4 nitrogen and oxygen atoms in total. The summed E-state index contributed by atoms with van der Waals surface area (Å²) in [7, 11) is 0. The maximum atomic E-state index is 9.49. The molecule has 1 aliphatic heterocycles. The van der Waals surface area contributed by atoms with E-state index in [1.807, 2.05) is 12.1 Å². The predicted octanol–water partition coefficient (Wildman–Crippen LogP) is 2.06. The molecule has 106 valence electrons. The van der Waals surface area contributed by atoms with E-state index in [2.05, 4.69) is 35.6 Å². The highest BCUT2D eigenvalue weighted by Gasteiger charge is 2.26. The van der Waals surface area contributed by atoms with Gasteiger partial charge in [-0.05, 0) is 39.3 Å². The average molecular weight is 263 g/mol. The van der Waals surface area contributed by atoms with Crippen LogP contribution in [0.4, 0.5) is 5.82 Å². The number of piperazine rings is 1. The lowest BCUT2D eigenvalue weighted by molar-refractivity contribution is 0.128. The van der Waals surface area contributed by atoms with E-state index in [4.69, 9.17) is 0 Å². The minimum absolute atomic E-state index is 0.246. The summed E-state index contributed by atoms with van der Waals surface area (Å²) >= 11 is 0. The second kappa shape index (κ2) is 5.47. The Morgan fingerprint density at radius 2 is 1.79 bits per heavy atom. The van der Waals surface area contributed by atoms with Gasteiger partial charge in [0.15, 0.2) is 0 Å². The number of hydrogen-bond acceptors (Lipinski definition) is 4. The first-order valence-electron chi connectivity index (χ1n) is 7.02. The number of pyridine rings is 1. The van der Waals surface area contributed by atoms with Gasteiger partial charge in [0.2, 0.25) is 0 Å². The van der Waals surface area contributed by atoms with Crippen LogP contribution < -0.4 is 4.90 Å². The zero-order chi connectivity index (χ0) is 14.0. The molecule has 19 heavy (non-hydrogen) atoms. The van der Waals surface area contributed by atoms with E-state index in [0.29, 0.717) is 0 Å². The molecule has 1 N–H and O–H groups in total. The van der Waals surface area contributed by atoms with Gasteiger partial charge in [-0.25, -0.2) is 4.98 Å². The fourth-order valence-corrected chi connectivity index (χ4v) is 2.44. The molecule has 0 bridgehead atoms. The van der Waals surface area contributed by atoms with Gasteiger partial charge in [-0.1, -0.05) is 6.07 Å². The van der Waals surface area contributed by atoms with Gasteiger partial charge >= 0.3 is 0 Å². The van der Waals surface area contributed by atoms with E-state index in [0.717, 1.165) is 37.6 Å². The van der Waals surface area contributed by atoms with Crippen molar-refractivity contribution in [2.24, 2.45) is 0 Å². The number of nitrogens with zero attached hydrogens (tertiary/aromatic N) is 3. The van der Waals surface area contributed by atoms with Gasteiger partial charge < -0.3 is 10.0 Å². The lowest BCUT2D eigenvalue weighted by Crippen LogP contribution is -2.53. The molecule has 4 heteroatoms. The van der Waals surface area contributed by atoms with Gasteiger partial charge in [0, 0.05) is 37.9 Å². The van der Waals surface area contributed by atoms with E-state index in [1.54, 1.807) is 13.1 Å². The first-order chi connectivity index (χ1) is 8.88. The summed E-state index contributed by atoms with van der Waals surface area (Å²) in [5.41, 5.74) is 1.12. The van der Waals surface area contributed by atoms with Gasteiger partial charge in [-0.3, -0.25) is 4.90 Å². The third-order valence-corrected chi connectivity index (χ3v) is 3.81. The molecule has 0 amide bonds. The smallest absolute Gasteiger partial charge is 0.128 e. The average Bonchev–Trinajstić information content (AvgIpc) is 2.38. The SMILES string of the molecule is C[C@@H](O)c1ccc(N2CCN(C(C)(C)C)CC2)nc1. The van der Waals surface area contributed by atoms with E-state index in [-0.39, 0.29) is 5.54 Å². The van der Waals surface area contributed by atoms with Crippen molar-refractivity contribution in [3.8, 4) is 0 Å². The van der Waals surface area contributed by atoms with Gasteiger partial charge in [0.25, 0.3) is 0 Å². The highest BCUT2D eigenvalue weighted by atomic mass is 16.3. The quantitative estimate of drug-likeness (QED) is 0.886. The van der Waals surface area contributed by atoms with Crippen LogP contribution in [0.1, 0.15) is 39.4 Å². The minimum Gasteiger partial charge on any atom is -0.389 e. The highest BCUT2D eigenvalue weighted by Crippen LogP contribution is 2.20. The normalized spacial score (nSPS) is 19.5. The molecule has 0 aliphatic carbocycles. The molecule has 2 heterocycles. The number of anilines is 1. The lowest BCUT2D eigenvalue weighted by Gasteiger charge is -2.42. The summed E-state index contributed by atoms with van der Waals surface area (Å²) in [6.45, 7) is 12.7. The summed E-state index contributed by atoms with van der Waals surface area (Å²) < 4.78 is 0. The van der Waals surface area contributed by atoms with Crippen molar-refractivity contribution in [3.63, 3.8) is 0 Å². The van der Waals surface area contributed by atoms with Crippen LogP contribution in [0, 0.1) is 0 Å². The molecule has 0 aromatic carbocycles. The zero-order valence-electron chi connectivity index (χ0n) is 12.4. The third kappa shape index (κ3) is 3.45. The zero-order valence-corrected chi connectivity index (χ0v) is 12.4. The summed E-state index contributed by atoms with van der Waals surface area (Å²) in [4.78, 5) is 9.28. The van der Waals surface area contributed by atoms with Crippen molar-refractivity contribution in [2.75, 3.05) is 31.1 Å². The van der Waals surface area contributed by atoms with Gasteiger partial charge in [0.05, 0.1) is 6.10 Å². The highest BCUT2D eigenvalue weighted by molar-refractivity contribution is 5.40. The van der Waals surface area contributed by atoms with Gasteiger partial charge in [0.1, 0.15) is 5.82 Å². The van der Waals surface area contributed by atoms with Crippen molar-refractivity contribution < 1.29 is 5.11 Å². The second-order valence-corrected chi connectivity index (χ2v) is 6.27. The first kappa shape index (κ1) is 14.3. The number of rotatable bonds is 2. The van der Waals surface area contributed by atoms with Crippen molar-refractivity contribution in [3.05, 3.63) is 23.9 Å². The molecule has 0 spiro atoms. The van der Waals surface area contributed by atoms with E-state index in [9.17, 15) is 5.11 Å². The molecule has 1 atom stereocenters. The molecule has 1 aliphatic rings. The first-order valence-corrected chi connectivity index (χ1v) is 7.02. The summed E-state index contributed by atoms with van der Waals surface area (Å²) in [6.07, 6.45) is 1.33. The Hall–Kier alpha value is -1.13. The van der Waals surface area contributed by atoms with Crippen LogP contribution in [0.25, 0.3) is 0 Å². The summed E-state index contributed by atoms with van der Waals surface area (Å²) in [6, 6.07) is 3.97. The van der Waals surface area contributed by atoms with Crippen LogP contribution >= 0.6 is 0 Å². The summed E-state index contributed by atoms with van der Waals surface area (Å²) in [5, 5.41) is 9.49. The van der Waals surface area contributed by atoms with Crippen LogP contribution in [0.15, 0.2) is 18.3 Å². The lowest BCUT2D eigenvalue weighted by atomic mass is 10.0. The Kier molecular flexibility index (Phi) is 4.11. The molecule has 1 aromatic heterocycles. The number of aliphatic hydroxyl groups is 1. The van der Waals surface area contributed by atoms with Crippen LogP contribution in [-0.2, 0) is 0 Å². The Bertz CT molecular complexity index is 400. The molecule has 0 saturated carbocycles. The van der Waals surface area contributed by atoms with Crippen LogP contribution in [0.3, 0.4) is 0 Å². The van der Waals surface area contributed by atoms with E-state index >= 15 is 0 Å². The van der Waals surface area contributed by atoms with Crippen molar-refractivity contribution >= 4 is 5.82 Å². The Morgan fingerprint density at radius 3 is 2.21 bits per heavy atom. The molecule has 1 aromatic rings. The Labute approximate surface area is 116 Å². The minimum atomic E-state index is -0.445. The standard InChI is InChI=1S/C15H25N3O/c1-12(19)13-5-6-14(16-11-13)17-7-9-18(10-8-17)15(2,3)4/h5-6,11-12,19H,7-10H2,1-4H3/t12-/m1/s1. The van der Waals surface area contributed by atoms with Crippen molar-refractivity contribution in [1.82, 2.24) is 9.88 Å². The monoisotopic (exact) mass is 263 g/mol. The van der Waals surface area contributed by atoms with Crippen LogP contribution in [-0.4, -0.2) is 46.7 Å². The Balaban J connectivity index is 1.98. The number of aliphatic hydroxyl groups excluding tert-OH is 1. The maximum absolute atomic E-state index is 9.49. The molecule has 2 rings (SSSR count). The van der Waals surface area contributed by atoms with Crippen LogP contribution in [0.5, 0.6) is 0 Å². The number of aromatic nitrogens is 1. The third-order valence-electron chi connectivity index (χ3n) is 3.81. The fourth-order valence-electron chi connectivity index (χ4n) is 2.44. The molecule has 1 fully saturated rings. The van der Waals surface area contributed by atoms with Gasteiger partial charge in [-0.2, -0.15) is 0 Å².